The molecule has 0 saturated carbocycles. The van der Waals surface area contributed by atoms with Gasteiger partial charge in [-0.2, -0.15) is 11.8 Å². The molecular weight excluding hydrogens is 200 g/mol. The van der Waals surface area contributed by atoms with Gasteiger partial charge in [0.2, 0.25) is 0 Å². The third kappa shape index (κ3) is 14.4. The molecule has 0 nitrogen and oxygen atoms in total. The van der Waals surface area contributed by atoms with Crippen LogP contribution < -0.4 is 0 Å². The molecule has 0 saturated heterocycles. The van der Waals surface area contributed by atoms with Crippen molar-refractivity contribution in [1.29, 1.82) is 0 Å². The van der Waals surface area contributed by atoms with E-state index in [2.05, 4.69) is 25.6 Å². The Morgan fingerprint density at radius 3 is 1.80 bits per heavy atom. The van der Waals surface area contributed by atoms with E-state index in [1.54, 1.807) is 0 Å². The first-order valence-corrected chi connectivity index (χ1v) is 7.94. The number of rotatable bonds is 12. The van der Waals surface area contributed by atoms with Crippen LogP contribution in [0.25, 0.3) is 0 Å². The molecule has 0 aliphatic carbocycles. The number of hydrogen-bond donors (Lipinski definition) is 0. The summed E-state index contributed by atoms with van der Waals surface area (Å²) in [6.07, 6.45) is 13.8. The highest BCUT2D eigenvalue weighted by Crippen LogP contribution is 2.12. The van der Waals surface area contributed by atoms with E-state index >= 15 is 0 Å². The Morgan fingerprint density at radius 1 is 0.733 bits per heavy atom. The summed E-state index contributed by atoms with van der Waals surface area (Å²) >= 11 is 2.15. The van der Waals surface area contributed by atoms with Gasteiger partial charge in [-0.25, -0.2) is 0 Å². The average Bonchev–Trinajstić information content (AvgIpc) is 2.26. The van der Waals surface area contributed by atoms with Gasteiger partial charge in [0, 0.05) is 0 Å². The van der Waals surface area contributed by atoms with Crippen molar-refractivity contribution in [3.8, 4) is 0 Å². The highest BCUT2D eigenvalue weighted by molar-refractivity contribution is 7.99. The van der Waals surface area contributed by atoms with Crippen LogP contribution in [0.2, 0.25) is 0 Å². The second-order valence-corrected chi connectivity index (χ2v) is 5.52. The first-order chi connectivity index (χ1) is 7.41. The molecule has 0 aromatic carbocycles. The molecule has 0 heterocycles. The van der Waals surface area contributed by atoms with Crippen molar-refractivity contribution in [2.45, 2.75) is 71.1 Å². The summed E-state index contributed by atoms with van der Waals surface area (Å²) in [7, 11) is 0. The van der Waals surface area contributed by atoms with Crippen LogP contribution in [0.4, 0.5) is 0 Å². The van der Waals surface area contributed by atoms with Crippen LogP contribution in [0, 0.1) is 6.92 Å². The normalized spacial score (nSPS) is 10.8. The number of thioether (sulfide) groups is 1. The fraction of sp³-hybridized carbons (Fsp3) is 0.929. The lowest BCUT2D eigenvalue weighted by Crippen LogP contribution is -1.86. The zero-order valence-electron chi connectivity index (χ0n) is 10.6. The van der Waals surface area contributed by atoms with Crippen molar-refractivity contribution < 1.29 is 0 Å². The molecule has 0 rings (SSSR count). The van der Waals surface area contributed by atoms with E-state index in [4.69, 9.17) is 0 Å². The summed E-state index contributed by atoms with van der Waals surface area (Å²) in [5.41, 5.74) is 0. The molecule has 0 aromatic rings. The van der Waals surface area contributed by atoms with Gasteiger partial charge in [0.15, 0.2) is 0 Å². The fourth-order valence-electron chi connectivity index (χ4n) is 1.64. The largest absolute Gasteiger partial charge is 0.162 e. The first-order valence-electron chi connectivity index (χ1n) is 6.78. The smallest absolute Gasteiger partial charge is 0.00675 e. The van der Waals surface area contributed by atoms with Crippen LogP contribution in [0.5, 0.6) is 0 Å². The van der Waals surface area contributed by atoms with Gasteiger partial charge >= 0.3 is 0 Å². The molecule has 0 bridgehead atoms. The predicted molar refractivity (Wildman–Crippen MR) is 74.5 cm³/mol. The lowest BCUT2D eigenvalue weighted by Gasteiger charge is -2.02. The molecule has 0 unspecified atom stereocenters. The third-order valence-corrected chi connectivity index (χ3v) is 3.84. The zero-order valence-corrected chi connectivity index (χ0v) is 11.4. The topological polar surface area (TPSA) is 0 Å². The van der Waals surface area contributed by atoms with Crippen LogP contribution >= 0.6 is 11.8 Å². The molecule has 91 valence electrons. The van der Waals surface area contributed by atoms with Gasteiger partial charge in [0.1, 0.15) is 0 Å². The van der Waals surface area contributed by atoms with Gasteiger partial charge in [0.25, 0.3) is 0 Å². The van der Waals surface area contributed by atoms with Gasteiger partial charge in [-0.3, -0.25) is 0 Å². The first kappa shape index (κ1) is 15.3. The summed E-state index contributed by atoms with van der Waals surface area (Å²) < 4.78 is 0. The van der Waals surface area contributed by atoms with Crippen molar-refractivity contribution in [3.63, 3.8) is 0 Å². The van der Waals surface area contributed by atoms with Crippen molar-refractivity contribution in [1.82, 2.24) is 0 Å². The van der Waals surface area contributed by atoms with Crippen LogP contribution in [-0.4, -0.2) is 11.5 Å². The second-order valence-electron chi connectivity index (χ2n) is 4.29. The van der Waals surface area contributed by atoms with Crippen molar-refractivity contribution in [3.05, 3.63) is 6.92 Å². The number of hydrogen-bond acceptors (Lipinski definition) is 1. The maximum absolute atomic E-state index is 3.86. The highest BCUT2D eigenvalue weighted by atomic mass is 32.2. The minimum Gasteiger partial charge on any atom is -0.162 e. The SMILES string of the molecule is [CH2]CCCCCCSCCCCCCC. The van der Waals surface area contributed by atoms with Gasteiger partial charge < -0.3 is 0 Å². The second kappa shape index (κ2) is 14.3. The molecule has 0 fully saturated rings. The Labute approximate surface area is 102 Å². The standard InChI is InChI=1S/C14H29S/c1-3-5-7-9-11-13-15-14-12-10-8-6-4-2/h1,3-14H2,2H3. The lowest BCUT2D eigenvalue weighted by molar-refractivity contribution is 0.658. The van der Waals surface area contributed by atoms with Gasteiger partial charge in [-0.05, 0) is 24.3 Å². The van der Waals surface area contributed by atoms with E-state index in [9.17, 15) is 0 Å². The molecule has 0 aliphatic heterocycles. The zero-order chi connectivity index (χ0) is 11.2. The van der Waals surface area contributed by atoms with E-state index in [1.807, 2.05) is 0 Å². The minimum absolute atomic E-state index is 1.12. The summed E-state index contributed by atoms with van der Waals surface area (Å²) in [6.45, 7) is 6.14. The fourth-order valence-corrected chi connectivity index (χ4v) is 2.66. The minimum atomic E-state index is 1.12. The summed E-state index contributed by atoms with van der Waals surface area (Å²) in [5.74, 6) is 2.77. The Kier molecular flexibility index (Phi) is 14.7. The Balaban J connectivity index is 2.81. The molecule has 0 aromatic heterocycles. The van der Waals surface area contributed by atoms with E-state index in [0.29, 0.717) is 0 Å². The molecule has 0 N–H and O–H groups in total. The number of unbranched alkanes of at least 4 members (excludes halogenated alkanes) is 8. The van der Waals surface area contributed by atoms with E-state index in [1.165, 1.54) is 69.3 Å². The van der Waals surface area contributed by atoms with E-state index in [-0.39, 0.29) is 0 Å². The van der Waals surface area contributed by atoms with E-state index < -0.39 is 0 Å². The monoisotopic (exact) mass is 229 g/mol. The van der Waals surface area contributed by atoms with Crippen LogP contribution in [0.15, 0.2) is 0 Å². The molecule has 0 amide bonds. The molecule has 15 heavy (non-hydrogen) atoms. The highest BCUT2D eigenvalue weighted by Gasteiger charge is 1.92. The molecule has 0 spiro atoms. The summed E-state index contributed by atoms with van der Waals surface area (Å²) in [4.78, 5) is 0. The Morgan fingerprint density at radius 2 is 1.27 bits per heavy atom. The predicted octanol–water partition coefficient (Wildman–Crippen LogP) is 5.47. The molecule has 1 heteroatoms. The summed E-state index contributed by atoms with van der Waals surface area (Å²) in [5, 5.41) is 0. The van der Waals surface area contributed by atoms with Crippen LogP contribution in [-0.2, 0) is 0 Å². The maximum Gasteiger partial charge on any atom is -0.00675 e. The summed E-state index contributed by atoms with van der Waals surface area (Å²) in [6, 6.07) is 0. The van der Waals surface area contributed by atoms with Crippen molar-refractivity contribution >= 4 is 11.8 Å². The average molecular weight is 229 g/mol. The van der Waals surface area contributed by atoms with E-state index in [0.717, 1.165) is 6.42 Å². The van der Waals surface area contributed by atoms with Gasteiger partial charge in [0.05, 0.1) is 0 Å². The lowest BCUT2D eigenvalue weighted by atomic mass is 10.2. The molecule has 0 atom stereocenters. The van der Waals surface area contributed by atoms with Crippen molar-refractivity contribution in [2.24, 2.45) is 0 Å². The molecule has 0 aliphatic rings. The molecular formula is C14H29S. The third-order valence-electron chi connectivity index (χ3n) is 2.68. The van der Waals surface area contributed by atoms with Gasteiger partial charge in [-0.15, -0.1) is 0 Å². The molecule has 1 radical (unpaired) electrons. The Bertz CT molecular complexity index is 89.5. The van der Waals surface area contributed by atoms with Crippen molar-refractivity contribution in [2.75, 3.05) is 11.5 Å². The van der Waals surface area contributed by atoms with Crippen LogP contribution in [0.1, 0.15) is 71.1 Å². The quantitative estimate of drug-likeness (QED) is 0.400. The Hall–Kier alpha value is 0.350. The maximum atomic E-state index is 3.86. The van der Waals surface area contributed by atoms with Crippen LogP contribution in [0.3, 0.4) is 0 Å². The van der Waals surface area contributed by atoms with Gasteiger partial charge in [-0.1, -0.05) is 65.2 Å².